The first-order valence-electron chi connectivity index (χ1n) is 10.4. The number of hydrogen-bond acceptors (Lipinski definition) is 7. The molecule has 0 spiro atoms. The summed E-state index contributed by atoms with van der Waals surface area (Å²) in [6.45, 7) is 5.31. The average molecular weight is 449 g/mol. The zero-order valence-electron chi connectivity index (χ0n) is 17.6. The third-order valence-corrected chi connectivity index (χ3v) is 7.28. The molecule has 0 bridgehead atoms. The number of piperazine rings is 1. The van der Waals surface area contributed by atoms with Gasteiger partial charge in [0.15, 0.2) is 11.5 Å². The number of benzene rings is 2. The van der Waals surface area contributed by atoms with Gasteiger partial charge in [0.05, 0.1) is 4.90 Å². The second-order valence-corrected chi connectivity index (χ2v) is 9.73. The lowest BCUT2D eigenvalue weighted by Gasteiger charge is -2.35. The van der Waals surface area contributed by atoms with Gasteiger partial charge in [-0.1, -0.05) is 12.1 Å². The lowest BCUT2D eigenvalue weighted by atomic mass is 10.2. The summed E-state index contributed by atoms with van der Waals surface area (Å²) in [5, 5.41) is 10.3. The maximum Gasteiger partial charge on any atom is 0.243 e. The van der Waals surface area contributed by atoms with Crippen molar-refractivity contribution in [3.8, 4) is 17.2 Å². The van der Waals surface area contributed by atoms with Crippen LogP contribution < -0.4 is 14.2 Å². The van der Waals surface area contributed by atoms with Crippen molar-refractivity contribution in [2.75, 3.05) is 52.5 Å². The van der Waals surface area contributed by atoms with E-state index >= 15 is 0 Å². The molecule has 0 amide bonds. The van der Waals surface area contributed by atoms with Crippen molar-refractivity contribution in [3.05, 3.63) is 48.0 Å². The lowest BCUT2D eigenvalue weighted by molar-refractivity contribution is 0.0569. The van der Waals surface area contributed by atoms with E-state index in [1.54, 1.807) is 12.1 Å². The zero-order valence-corrected chi connectivity index (χ0v) is 18.4. The van der Waals surface area contributed by atoms with Crippen LogP contribution in [0.1, 0.15) is 5.56 Å². The Morgan fingerprint density at radius 1 is 1.03 bits per heavy atom. The van der Waals surface area contributed by atoms with Gasteiger partial charge in [0.25, 0.3) is 0 Å². The molecule has 0 saturated carbocycles. The number of sulfonamides is 1. The topological polar surface area (TPSA) is 88.5 Å². The smallest absolute Gasteiger partial charge is 0.243 e. The number of aliphatic hydroxyl groups is 1. The van der Waals surface area contributed by atoms with Crippen molar-refractivity contribution in [1.29, 1.82) is 0 Å². The fourth-order valence-corrected chi connectivity index (χ4v) is 5.17. The summed E-state index contributed by atoms with van der Waals surface area (Å²) in [7, 11) is -3.61. The predicted octanol–water partition coefficient (Wildman–Crippen LogP) is 1.51. The van der Waals surface area contributed by atoms with E-state index in [2.05, 4.69) is 4.90 Å². The van der Waals surface area contributed by atoms with Gasteiger partial charge >= 0.3 is 0 Å². The molecule has 1 saturated heterocycles. The van der Waals surface area contributed by atoms with Crippen LogP contribution in [0.3, 0.4) is 0 Å². The van der Waals surface area contributed by atoms with E-state index < -0.39 is 16.1 Å². The Balaban J connectivity index is 1.28. The molecule has 2 heterocycles. The number of hydrogen-bond donors (Lipinski definition) is 1. The molecule has 4 rings (SSSR count). The zero-order chi connectivity index (χ0) is 21.8. The Kier molecular flexibility index (Phi) is 6.66. The fourth-order valence-electron chi connectivity index (χ4n) is 3.73. The van der Waals surface area contributed by atoms with Crippen LogP contribution in [0.5, 0.6) is 17.2 Å². The van der Waals surface area contributed by atoms with Crippen molar-refractivity contribution >= 4 is 10.0 Å². The first-order chi connectivity index (χ1) is 14.9. The van der Waals surface area contributed by atoms with E-state index in [0.29, 0.717) is 57.4 Å². The quantitative estimate of drug-likeness (QED) is 0.687. The minimum absolute atomic E-state index is 0.194. The number of ether oxygens (including phenoxy) is 3. The number of aryl methyl sites for hydroxylation is 1. The molecule has 2 aliphatic rings. The highest BCUT2D eigenvalue weighted by molar-refractivity contribution is 7.89. The molecule has 0 aromatic heterocycles. The van der Waals surface area contributed by atoms with Crippen molar-refractivity contribution < 1.29 is 27.7 Å². The van der Waals surface area contributed by atoms with Gasteiger partial charge < -0.3 is 19.3 Å². The van der Waals surface area contributed by atoms with Gasteiger partial charge in [-0.25, -0.2) is 8.42 Å². The molecule has 9 heteroatoms. The molecule has 0 unspecified atom stereocenters. The Morgan fingerprint density at radius 2 is 1.77 bits per heavy atom. The van der Waals surface area contributed by atoms with E-state index in [9.17, 15) is 13.5 Å². The minimum Gasteiger partial charge on any atom is -0.491 e. The number of nitrogens with zero attached hydrogens (tertiary/aromatic N) is 2. The van der Waals surface area contributed by atoms with Crippen LogP contribution in [0.15, 0.2) is 47.4 Å². The van der Waals surface area contributed by atoms with Gasteiger partial charge in [-0.3, -0.25) is 4.90 Å². The molecule has 2 aliphatic heterocycles. The van der Waals surface area contributed by atoms with Gasteiger partial charge in [-0.15, -0.1) is 0 Å². The Labute approximate surface area is 183 Å². The molecule has 8 nitrogen and oxygen atoms in total. The summed E-state index contributed by atoms with van der Waals surface area (Å²) < 4.78 is 44.2. The number of β-amino-alcohol motifs (C(OH)–C–C–N with tert-alkyl or cyclic N) is 1. The second kappa shape index (κ2) is 9.44. The van der Waals surface area contributed by atoms with Gasteiger partial charge in [0.1, 0.15) is 31.7 Å². The van der Waals surface area contributed by atoms with Crippen molar-refractivity contribution in [2.45, 2.75) is 17.9 Å². The Bertz CT molecular complexity index is 1000. The molecule has 1 N–H and O–H groups in total. The molecule has 2 aromatic rings. The number of fused-ring (bicyclic) bond motifs is 1. The Morgan fingerprint density at radius 3 is 2.52 bits per heavy atom. The molecule has 168 valence electrons. The third kappa shape index (κ3) is 5.30. The number of aliphatic hydroxyl groups excluding tert-OH is 1. The lowest BCUT2D eigenvalue weighted by Crippen LogP contribution is -2.50. The normalized spacial score (nSPS) is 18.5. The maximum atomic E-state index is 13.0. The molecule has 0 aliphatic carbocycles. The monoisotopic (exact) mass is 448 g/mol. The van der Waals surface area contributed by atoms with Crippen molar-refractivity contribution in [1.82, 2.24) is 9.21 Å². The molecular weight excluding hydrogens is 420 g/mol. The van der Waals surface area contributed by atoms with E-state index in [1.807, 2.05) is 31.2 Å². The molecule has 2 aromatic carbocycles. The van der Waals surface area contributed by atoms with Crippen LogP contribution >= 0.6 is 0 Å². The van der Waals surface area contributed by atoms with Crippen molar-refractivity contribution in [2.24, 2.45) is 0 Å². The highest BCUT2D eigenvalue weighted by Crippen LogP contribution is 2.33. The average Bonchev–Trinajstić information content (AvgIpc) is 2.78. The highest BCUT2D eigenvalue weighted by atomic mass is 32.2. The summed E-state index contributed by atoms with van der Waals surface area (Å²) in [5.74, 6) is 1.76. The van der Waals surface area contributed by atoms with Crippen LogP contribution in [0.2, 0.25) is 0 Å². The molecule has 1 atom stereocenters. The van der Waals surface area contributed by atoms with Gasteiger partial charge in [0.2, 0.25) is 10.0 Å². The van der Waals surface area contributed by atoms with Crippen LogP contribution in [0, 0.1) is 6.92 Å². The van der Waals surface area contributed by atoms with Crippen LogP contribution in [-0.4, -0.2) is 81.4 Å². The van der Waals surface area contributed by atoms with E-state index in [-0.39, 0.29) is 11.5 Å². The minimum atomic E-state index is -3.61. The first-order valence-corrected chi connectivity index (χ1v) is 11.9. The number of rotatable bonds is 7. The predicted molar refractivity (Wildman–Crippen MR) is 115 cm³/mol. The van der Waals surface area contributed by atoms with E-state index in [0.717, 1.165) is 11.3 Å². The Hall–Kier alpha value is -2.33. The molecule has 31 heavy (non-hydrogen) atoms. The van der Waals surface area contributed by atoms with Gasteiger partial charge in [-0.05, 0) is 36.8 Å². The molecule has 0 radical (unpaired) electrons. The van der Waals surface area contributed by atoms with Crippen LogP contribution in [0.25, 0.3) is 0 Å². The second-order valence-electron chi connectivity index (χ2n) is 7.79. The highest BCUT2D eigenvalue weighted by Gasteiger charge is 2.30. The molecule has 1 fully saturated rings. The third-order valence-electron chi connectivity index (χ3n) is 5.38. The van der Waals surface area contributed by atoms with Gasteiger partial charge in [0, 0.05) is 38.8 Å². The standard InChI is InChI=1S/C22H28N2O6S/c1-17-3-2-4-19(13-17)30-16-18(25)15-23-7-9-24(10-8-23)31(26,27)20-5-6-21-22(14-20)29-12-11-28-21/h2-6,13-14,18,25H,7-12,15-16H2,1H3/t18-/m0/s1. The SMILES string of the molecule is Cc1cccc(OC[C@@H](O)CN2CCN(S(=O)(=O)c3ccc4c(c3)OCCO4)CC2)c1. The summed E-state index contributed by atoms with van der Waals surface area (Å²) in [4.78, 5) is 2.26. The first kappa shape index (κ1) is 21.9. The largest absolute Gasteiger partial charge is 0.491 e. The molecular formula is C22H28N2O6S. The van der Waals surface area contributed by atoms with Crippen molar-refractivity contribution in [3.63, 3.8) is 0 Å². The summed E-state index contributed by atoms with van der Waals surface area (Å²) in [6, 6.07) is 12.4. The summed E-state index contributed by atoms with van der Waals surface area (Å²) in [6.07, 6.45) is -0.651. The maximum absolute atomic E-state index is 13.0. The van der Waals surface area contributed by atoms with Crippen LogP contribution in [0.4, 0.5) is 0 Å². The van der Waals surface area contributed by atoms with E-state index in [1.165, 1.54) is 10.4 Å². The summed E-state index contributed by atoms with van der Waals surface area (Å²) in [5.41, 5.74) is 1.10. The fraction of sp³-hybridized carbons (Fsp3) is 0.455. The van der Waals surface area contributed by atoms with E-state index in [4.69, 9.17) is 14.2 Å². The van der Waals surface area contributed by atoms with Crippen LogP contribution in [-0.2, 0) is 10.0 Å². The van der Waals surface area contributed by atoms with Gasteiger partial charge in [-0.2, -0.15) is 4.31 Å². The summed E-state index contributed by atoms with van der Waals surface area (Å²) >= 11 is 0.